The molecule has 0 radical (unpaired) electrons. The van der Waals surface area contributed by atoms with E-state index in [2.05, 4.69) is 85.4 Å². The Kier molecular flexibility index (Phi) is 15.7. The quantitative estimate of drug-likeness (QED) is 0.0574. The lowest BCUT2D eigenvalue weighted by atomic mass is 10.0. The Hall–Kier alpha value is -1.76. The van der Waals surface area contributed by atoms with Crippen LogP contribution in [0.5, 0.6) is 0 Å². The van der Waals surface area contributed by atoms with Gasteiger partial charge in [-0.1, -0.05) is 96.2 Å². The summed E-state index contributed by atoms with van der Waals surface area (Å²) < 4.78 is 0. The van der Waals surface area contributed by atoms with Crippen molar-refractivity contribution in [3.05, 3.63) is 58.7 Å². The van der Waals surface area contributed by atoms with Gasteiger partial charge in [-0.25, -0.2) is 0 Å². The Morgan fingerprint density at radius 1 is 0.703 bits per heavy atom. The van der Waals surface area contributed by atoms with Crippen molar-refractivity contribution < 1.29 is 0 Å². The second-order valence-corrected chi connectivity index (χ2v) is 10.8. The van der Waals surface area contributed by atoms with E-state index in [-0.39, 0.29) is 5.50 Å². The first kappa shape index (κ1) is 31.5. The molecule has 0 amide bonds. The zero-order valence-corrected chi connectivity index (χ0v) is 25.3. The lowest BCUT2D eigenvalue weighted by Gasteiger charge is -2.21. The van der Waals surface area contributed by atoms with Crippen LogP contribution >= 0.6 is 24.8 Å². The maximum Gasteiger partial charge on any atom is 0.170 e. The number of hydrogen-bond acceptors (Lipinski definition) is 4. The predicted molar refractivity (Wildman–Crippen MR) is 171 cm³/mol. The number of hydrogen-bond donors (Lipinski definition) is 5. The van der Waals surface area contributed by atoms with E-state index in [0.717, 1.165) is 88.8 Å². The monoisotopic (exact) mass is 542 g/mol. The summed E-state index contributed by atoms with van der Waals surface area (Å²) in [6.45, 7) is 10.7. The van der Waals surface area contributed by atoms with Gasteiger partial charge in [0, 0.05) is 17.9 Å². The van der Waals surface area contributed by atoms with Crippen LogP contribution in [0.3, 0.4) is 0 Å². The van der Waals surface area contributed by atoms with Crippen molar-refractivity contribution >= 4 is 41.3 Å². The second-order valence-electron chi connectivity index (χ2n) is 9.85. The Bertz CT molecular complexity index is 883. The summed E-state index contributed by atoms with van der Waals surface area (Å²) in [7, 11) is 0. The molecular formula is C31H50N4S2. The van der Waals surface area contributed by atoms with Gasteiger partial charge in [-0.3, -0.25) is 5.32 Å². The number of thiol groups is 1. The lowest BCUT2D eigenvalue weighted by Crippen LogP contribution is -2.33. The van der Waals surface area contributed by atoms with Gasteiger partial charge < -0.3 is 16.0 Å². The SMILES string of the molecule is CCCc1cccc(CCC)c1NC(=S)NCCCCCNC(S)Nc1c(CCC)cccc1CCC. The van der Waals surface area contributed by atoms with Crippen molar-refractivity contribution in [1.82, 2.24) is 10.6 Å². The molecule has 0 saturated carbocycles. The standard InChI is InChI=1S/C31H50N4S2/c1-5-14-24-18-12-19-25(15-6-2)28(24)34-30(36)32-22-10-9-11-23-33-31(37)35-29-26(16-7-3)20-13-21-27(29)17-8-4/h12-13,18-21,30,32,34,36H,5-11,14-17,22-23H2,1-4H3,(H2,33,35,37). The molecule has 0 spiro atoms. The Morgan fingerprint density at radius 2 is 1.16 bits per heavy atom. The fraction of sp³-hybridized carbons (Fsp3) is 0.581. The molecule has 0 aliphatic carbocycles. The largest absolute Gasteiger partial charge is 0.362 e. The molecule has 4 N–H and O–H groups in total. The highest BCUT2D eigenvalue weighted by atomic mass is 32.1. The fourth-order valence-corrected chi connectivity index (χ4v) is 5.24. The topological polar surface area (TPSA) is 48.1 Å². The van der Waals surface area contributed by atoms with Crippen LogP contribution in [0.4, 0.5) is 11.4 Å². The third-order valence-corrected chi connectivity index (χ3v) is 7.11. The molecule has 0 saturated heterocycles. The number of anilines is 2. The molecule has 0 bridgehead atoms. The third-order valence-electron chi connectivity index (χ3n) is 6.55. The maximum atomic E-state index is 5.63. The first-order chi connectivity index (χ1) is 18.0. The van der Waals surface area contributed by atoms with Crippen LogP contribution in [0.2, 0.25) is 0 Å². The van der Waals surface area contributed by atoms with Crippen molar-refractivity contribution in [2.24, 2.45) is 0 Å². The van der Waals surface area contributed by atoms with Crippen LogP contribution in [0.25, 0.3) is 0 Å². The number of nitrogens with one attached hydrogen (secondary N) is 4. The van der Waals surface area contributed by atoms with E-state index in [1.807, 2.05) is 0 Å². The van der Waals surface area contributed by atoms with Gasteiger partial charge in [0.25, 0.3) is 0 Å². The smallest absolute Gasteiger partial charge is 0.170 e. The average Bonchev–Trinajstić information content (AvgIpc) is 2.88. The normalized spacial score (nSPS) is 11.8. The highest BCUT2D eigenvalue weighted by Crippen LogP contribution is 2.26. The van der Waals surface area contributed by atoms with Crippen LogP contribution < -0.4 is 21.3 Å². The third kappa shape index (κ3) is 11.3. The van der Waals surface area contributed by atoms with Gasteiger partial charge in [0.05, 0.1) is 0 Å². The van der Waals surface area contributed by atoms with E-state index in [1.165, 1.54) is 33.6 Å². The van der Waals surface area contributed by atoms with Gasteiger partial charge in [0.2, 0.25) is 0 Å². The Morgan fingerprint density at radius 3 is 1.65 bits per heavy atom. The molecule has 37 heavy (non-hydrogen) atoms. The summed E-state index contributed by atoms with van der Waals surface area (Å²) in [4.78, 5) is 0. The van der Waals surface area contributed by atoms with Gasteiger partial charge in [-0.15, -0.1) is 12.6 Å². The van der Waals surface area contributed by atoms with Gasteiger partial charge in [0.1, 0.15) is 5.50 Å². The number of aryl methyl sites for hydroxylation is 4. The molecular weight excluding hydrogens is 493 g/mol. The first-order valence-electron chi connectivity index (χ1n) is 14.5. The minimum atomic E-state index is -0.0518. The minimum absolute atomic E-state index is 0.0518. The average molecular weight is 543 g/mol. The van der Waals surface area contributed by atoms with E-state index in [0.29, 0.717) is 0 Å². The van der Waals surface area contributed by atoms with E-state index in [9.17, 15) is 0 Å². The van der Waals surface area contributed by atoms with Crippen LogP contribution in [0, 0.1) is 0 Å². The van der Waals surface area contributed by atoms with Crippen LogP contribution in [-0.4, -0.2) is 23.7 Å². The van der Waals surface area contributed by atoms with Crippen molar-refractivity contribution in [1.29, 1.82) is 0 Å². The molecule has 1 unspecified atom stereocenters. The molecule has 4 nitrogen and oxygen atoms in total. The molecule has 2 aromatic carbocycles. The molecule has 6 heteroatoms. The van der Waals surface area contributed by atoms with Crippen molar-refractivity contribution in [3.63, 3.8) is 0 Å². The number of para-hydroxylation sites is 2. The summed E-state index contributed by atoms with van der Waals surface area (Å²) in [6, 6.07) is 13.3. The summed E-state index contributed by atoms with van der Waals surface area (Å²) >= 11 is 10.4. The lowest BCUT2D eigenvalue weighted by molar-refractivity contribution is 0.602. The van der Waals surface area contributed by atoms with E-state index in [1.54, 1.807) is 0 Å². The second kappa shape index (κ2) is 18.5. The molecule has 2 rings (SSSR count). The summed E-state index contributed by atoms with van der Waals surface area (Å²) in [5.41, 5.74) is 7.93. The zero-order valence-electron chi connectivity index (χ0n) is 23.6. The molecule has 2 aromatic rings. The summed E-state index contributed by atoms with van der Waals surface area (Å²) in [5, 5.41) is 14.8. The van der Waals surface area contributed by atoms with Crippen molar-refractivity contribution in [3.8, 4) is 0 Å². The van der Waals surface area contributed by atoms with Gasteiger partial charge in [0.15, 0.2) is 5.11 Å². The van der Waals surface area contributed by atoms with Crippen LogP contribution in [0.1, 0.15) is 94.9 Å². The highest BCUT2D eigenvalue weighted by molar-refractivity contribution is 7.81. The molecule has 1 atom stereocenters. The molecule has 0 fully saturated rings. The minimum Gasteiger partial charge on any atom is -0.362 e. The molecule has 0 heterocycles. The Balaban J connectivity index is 1.71. The maximum absolute atomic E-state index is 5.63. The zero-order chi connectivity index (χ0) is 26.9. The molecule has 0 aliphatic heterocycles. The predicted octanol–water partition coefficient (Wildman–Crippen LogP) is 7.87. The van der Waals surface area contributed by atoms with Crippen molar-refractivity contribution in [2.45, 2.75) is 104 Å². The Labute approximate surface area is 237 Å². The van der Waals surface area contributed by atoms with Gasteiger partial charge in [-0.05, 0) is 79.5 Å². The summed E-state index contributed by atoms with van der Waals surface area (Å²) in [5.74, 6) is 0. The van der Waals surface area contributed by atoms with Crippen molar-refractivity contribution in [2.75, 3.05) is 23.7 Å². The molecule has 206 valence electrons. The van der Waals surface area contributed by atoms with Crippen LogP contribution in [0.15, 0.2) is 36.4 Å². The van der Waals surface area contributed by atoms with Gasteiger partial charge >= 0.3 is 0 Å². The number of rotatable bonds is 18. The molecule has 0 aromatic heterocycles. The molecule has 0 aliphatic rings. The van der Waals surface area contributed by atoms with E-state index in [4.69, 9.17) is 24.8 Å². The number of unbranched alkanes of at least 4 members (excludes halogenated alkanes) is 2. The fourth-order valence-electron chi connectivity index (χ4n) is 4.78. The number of benzene rings is 2. The van der Waals surface area contributed by atoms with E-state index >= 15 is 0 Å². The van der Waals surface area contributed by atoms with E-state index < -0.39 is 0 Å². The number of thiocarbonyl (C=S) groups is 1. The summed E-state index contributed by atoms with van der Waals surface area (Å²) in [6.07, 6.45) is 12.2. The van der Waals surface area contributed by atoms with Gasteiger partial charge in [-0.2, -0.15) is 0 Å². The highest BCUT2D eigenvalue weighted by Gasteiger charge is 2.11. The first-order valence-corrected chi connectivity index (χ1v) is 15.4. The van der Waals surface area contributed by atoms with Crippen LogP contribution in [-0.2, 0) is 25.7 Å².